The molecule has 0 amide bonds. The molecule has 2 atom stereocenters. The van der Waals surface area contributed by atoms with Gasteiger partial charge in [-0.05, 0) is 19.8 Å². The van der Waals surface area contributed by atoms with Gasteiger partial charge in [0.25, 0.3) is 0 Å². The van der Waals surface area contributed by atoms with Crippen molar-refractivity contribution in [2.45, 2.75) is 38.3 Å². The number of aliphatic hydroxyl groups is 1. The van der Waals surface area contributed by atoms with E-state index in [1.54, 1.807) is 0 Å². The number of hydrogen-bond donors (Lipinski definition) is 2. The minimum absolute atomic E-state index is 0.164. The molecule has 1 aliphatic rings. The van der Waals surface area contributed by atoms with E-state index >= 15 is 0 Å². The lowest BCUT2D eigenvalue weighted by molar-refractivity contribution is -0.137. The van der Waals surface area contributed by atoms with E-state index in [1.807, 2.05) is 4.90 Å². The van der Waals surface area contributed by atoms with Crippen LogP contribution >= 0.6 is 0 Å². The molecule has 0 spiro atoms. The van der Waals surface area contributed by atoms with Crippen molar-refractivity contribution in [2.24, 2.45) is 0 Å². The number of hydrogen-bond acceptors (Lipinski definition) is 3. The number of β-amino-alcohol motifs (C(OH)–C–C–N with tert-alkyl or cyclic N) is 1. The minimum Gasteiger partial charge on any atom is -0.481 e. The molecule has 1 aliphatic heterocycles. The van der Waals surface area contributed by atoms with Crippen LogP contribution in [0.15, 0.2) is 0 Å². The van der Waals surface area contributed by atoms with Crippen LogP contribution in [0.1, 0.15) is 26.2 Å². The number of likely N-dealkylation sites (tertiary alicyclic amines) is 1. The molecule has 0 bridgehead atoms. The first kappa shape index (κ1) is 10.5. The lowest BCUT2D eigenvalue weighted by Crippen LogP contribution is -2.44. The van der Waals surface area contributed by atoms with E-state index in [-0.39, 0.29) is 12.5 Å². The van der Waals surface area contributed by atoms with Crippen molar-refractivity contribution < 1.29 is 15.0 Å². The summed E-state index contributed by atoms with van der Waals surface area (Å²) in [5.41, 5.74) is 0. The Morgan fingerprint density at radius 3 is 2.85 bits per heavy atom. The molecule has 2 N–H and O–H groups in total. The highest BCUT2D eigenvalue weighted by Gasteiger charge is 2.23. The van der Waals surface area contributed by atoms with Gasteiger partial charge in [-0.1, -0.05) is 0 Å². The summed E-state index contributed by atoms with van der Waals surface area (Å²) in [5.74, 6) is -0.771. The molecule has 0 aromatic carbocycles. The zero-order chi connectivity index (χ0) is 9.84. The number of piperidine rings is 1. The monoisotopic (exact) mass is 187 g/mol. The topological polar surface area (TPSA) is 60.8 Å². The summed E-state index contributed by atoms with van der Waals surface area (Å²) in [4.78, 5) is 12.4. The molecule has 1 fully saturated rings. The van der Waals surface area contributed by atoms with Gasteiger partial charge in [-0.15, -0.1) is 0 Å². The Hall–Kier alpha value is -0.610. The van der Waals surface area contributed by atoms with Crippen LogP contribution in [0.25, 0.3) is 0 Å². The molecule has 0 aromatic rings. The molecule has 0 unspecified atom stereocenters. The van der Waals surface area contributed by atoms with Crippen LogP contribution in [0.5, 0.6) is 0 Å². The molecule has 4 nitrogen and oxygen atoms in total. The number of carboxylic acids is 1. The van der Waals surface area contributed by atoms with E-state index in [0.717, 1.165) is 12.8 Å². The molecule has 1 saturated heterocycles. The van der Waals surface area contributed by atoms with Gasteiger partial charge in [0.15, 0.2) is 0 Å². The normalized spacial score (nSPS) is 30.3. The maximum Gasteiger partial charge on any atom is 0.304 e. The molecule has 1 rings (SSSR count). The van der Waals surface area contributed by atoms with Gasteiger partial charge in [0.05, 0.1) is 12.5 Å². The number of carboxylic acid groups (broad SMARTS) is 1. The smallest absolute Gasteiger partial charge is 0.304 e. The summed E-state index contributed by atoms with van der Waals surface area (Å²) < 4.78 is 0. The van der Waals surface area contributed by atoms with E-state index in [1.165, 1.54) is 0 Å². The number of aliphatic hydroxyl groups excluding tert-OH is 1. The fourth-order valence-corrected chi connectivity index (χ4v) is 1.71. The highest BCUT2D eigenvalue weighted by Crippen LogP contribution is 2.16. The van der Waals surface area contributed by atoms with Crippen LogP contribution < -0.4 is 0 Å². The second kappa shape index (κ2) is 4.58. The Kier molecular flexibility index (Phi) is 3.69. The van der Waals surface area contributed by atoms with Gasteiger partial charge in [0.2, 0.25) is 0 Å². The Labute approximate surface area is 78.2 Å². The molecular formula is C9H17NO3. The Morgan fingerprint density at radius 2 is 2.23 bits per heavy atom. The maximum atomic E-state index is 10.3. The molecule has 0 aromatic heterocycles. The zero-order valence-corrected chi connectivity index (χ0v) is 7.94. The first-order valence-corrected chi connectivity index (χ1v) is 4.73. The molecule has 1 heterocycles. The highest BCUT2D eigenvalue weighted by atomic mass is 16.4. The van der Waals surface area contributed by atoms with E-state index in [4.69, 9.17) is 5.11 Å². The van der Waals surface area contributed by atoms with E-state index in [9.17, 15) is 9.90 Å². The highest BCUT2D eigenvalue weighted by molar-refractivity contribution is 5.66. The molecule has 0 aliphatic carbocycles. The summed E-state index contributed by atoms with van der Waals surface area (Å²) >= 11 is 0. The fourth-order valence-electron chi connectivity index (χ4n) is 1.71. The van der Waals surface area contributed by atoms with E-state index < -0.39 is 5.97 Å². The number of carbonyl (C=O) groups is 1. The average molecular weight is 187 g/mol. The van der Waals surface area contributed by atoms with Gasteiger partial charge in [-0.25, -0.2) is 0 Å². The van der Waals surface area contributed by atoms with Crippen molar-refractivity contribution in [3.05, 3.63) is 0 Å². The fraction of sp³-hybridized carbons (Fsp3) is 0.889. The second-order valence-corrected chi connectivity index (χ2v) is 3.72. The summed E-state index contributed by atoms with van der Waals surface area (Å²) in [7, 11) is 0. The van der Waals surface area contributed by atoms with E-state index in [0.29, 0.717) is 19.1 Å². The van der Waals surface area contributed by atoms with Crippen molar-refractivity contribution >= 4 is 5.97 Å². The predicted octanol–water partition coefficient (Wildman–Crippen LogP) is 0.306. The third-order valence-corrected chi connectivity index (χ3v) is 2.60. The van der Waals surface area contributed by atoms with Crippen LogP contribution in [0.3, 0.4) is 0 Å². The minimum atomic E-state index is -0.771. The molecule has 13 heavy (non-hydrogen) atoms. The standard InChI is InChI=1S/C9H17NO3/c1-7-2-3-8(11)6-10(7)5-4-9(12)13/h7-8,11H,2-6H2,1H3,(H,12,13)/t7-,8-/m1/s1. The number of aliphatic carboxylic acids is 1. The molecule has 0 saturated carbocycles. The Balaban J connectivity index is 2.33. The van der Waals surface area contributed by atoms with Crippen molar-refractivity contribution in [1.82, 2.24) is 4.90 Å². The summed E-state index contributed by atoms with van der Waals surface area (Å²) in [6.45, 7) is 3.25. The molecule has 76 valence electrons. The molecular weight excluding hydrogens is 170 g/mol. The zero-order valence-electron chi connectivity index (χ0n) is 7.94. The van der Waals surface area contributed by atoms with Crippen LogP contribution in [0.2, 0.25) is 0 Å². The van der Waals surface area contributed by atoms with Crippen LogP contribution in [-0.4, -0.2) is 46.3 Å². The molecule has 4 heteroatoms. The van der Waals surface area contributed by atoms with E-state index in [2.05, 4.69) is 6.92 Å². The van der Waals surface area contributed by atoms with Crippen molar-refractivity contribution in [2.75, 3.05) is 13.1 Å². The molecule has 0 radical (unpaired) electrons. The van der Waals surface area contributed by atoms with Gasteiger partial charge in [-0.3, -0.25) is 9.69 Å². The Bertz CT molecular complexity index is 184. The van der Waals surface area contributed by atoms with Gasteiger partial charge < -0.3 is 10.2 Å². The van der Waals surface area contributed by atoms with Gasteiger partial charge in [0, 0.05) is 19.1 Å². The van der Waals surface area contributed by atoms with Gasteiger partial charge >= 0.3 is 5.97 Å². The first-order chi connectivity index (χ1) is 6.09. The summed E-state index contributed by atoms with van der Waals surface area (Å²) in [6, 6.07) is 0.405. The number of rotatable bonds is 3. The number of nitrogens with zero attached hydrogens (tertiary/aromatic N) is 1. The lowest BCUT2D eigenvalue weighted by atomic mass is 10.0. The van der Waals surface area contributed by atoms with Gasteiger partial charge in [-0.2, -0.15) is 0 Å². The third kappa shape index (κ3) is 3.32. The lowest BCUT2D eigenvalue weighted by Gasteiger charge is -2.35. The SMILES string of the molecule is C[C@@H]1CC[C@@H](O)CN1CCC(=O)O. The second-order valence-electron chi connectivity index (χ2n) is 3.72. The Morgan fingerprint density at radius 1 is 1.54 bits per heavy atom. The van der Waals surface area contributed by atoms with Crippen LogP contribution in [0.4, 0.5) is 0 Å². The van der Waals surface area contributed by atoms with Crippen LogP contribution in [0, 0.1) is 0 Å². The van der Waals surface area contributed by atoms with Crippen molar-refractivity contribution in [3.8, 4) is 0 Å². The van der Waals surface area contributed by atoms with Crippen molar-refractivity contribution in [1.29, 1.82) is 0 Å². The largest absolute Gasteiger partial charge is 0.481 e. The quantitative estimate of drug-likeness (QED) is 0.667. The van der Waals surface area contributed by atoms with Crippen molar-refractivity contribution in [3.63, 3.8) is 0 Å². The van der Waals surface area contributed by atoms with Gasteiger partial charge in [0.1, 0.15) is 0 Å². The third-order valence-electron chi connectivity index (χ3n) is 2.60. The average Bonchev–Trinajstić information content (AvgIpc) is 2.06. The predicted molar refractivity (Wildman–Crippen MR) is 48.5 cm³/mol. The summed E-state index contributed by atoms with van der Waals surface area (Å²) in [6.07, 6.45) is 1.69. The maximum absolute atomic E-state index is 10.3. The summed E-state index contributed by atoms with van der Waals surface area (Å²) in [5, 5.41) is 17.9. The first-order valence-electron chi connectivity index (χ1n) is 4.73. The van der Waals surface area contributed by atoms with Crippen LogP contribution in [-0.2, 0) is 4.79 Å².